The summed E-state index contributed by atoms with van der Waals surface area (Å²) in [7, 11) is 3.90. The highest BCUT2D eigenvalue weighted by Crippen LogP contribution is 2.23. The first-order valence-electron chi connectivity index (χ1n) is 7.91. The summed E-state index contributed by atoms with van der Waals surface area (Å²) in [5.74, 6) is -0.302. The van der Waals surface area contributed by atoms with Crippen LogP contribution < -0.4 is 5.32 Å². The van der Waals surface area contributed by atoms with E-state index >= 15 is 0 Å². The van der Waals surface area contributed by atoms with E-state index in [1.807, 2.05) is 0 Å². The molecule has 23 heavy (non-hydrogen) atoms. The summed E-state index contributed by atoms with van der Waals surface area (Å²) >= 11 is 6.17. The van der Waals surface area contributed by atoms with E-state index in [0.29, 0.717) is 28.9 Å². The van der Waals surface area contributed by atoms with Crippen molar-refractivity contribution in [2.75, 3.05) is 32.5 Å². The van der Waals surface area contributed by atoms with Crippen LogP contribution in [0.2, 0.25) is 5.02 Å². The molecule has 1 aliphatic rings. The minimum atomic E-state index is -0.178. The summed E-state index contributed by atoms with van der Waals surface area (Å²) in [4.78, 5) is 27.9. The molecule has 0 spiro atoms. The van der Waals surface area contributed by atoms with E-state index in [1.54, 1.807) is 30.1 Å². The Balaban J connectivity index is 2.10. The molecule has 0 unspecified atom stereocenters. The van der Waals surface area contributed by atoms with Gasteiger partial charge in [0.1, 0.15) is 0 Å². The maximum atomic E-state index is 12.7. The van der Waals surface area contributed by atoms with Crippen LogP contribution in [-0.2, 0) is 4.79 Å². The van der Waals surface area contributed by atoms with Gasteiger partial charge < -0.3 is 15.1 Å². The molecule has 1 atom stereocenters. The third-order valence-electron chi connectivity index (χ3n) is 4.27. The van der Waals surface area contributed by atoms with Gasteiger partial charge >= 0.3 is 0 Å². The maximum Gasteiger partial charge on any atom is 0.255 e. The van der Waals surface area contributed by atoms with Gasteiger partial charge in [0, 0.05) is 32.2 Å². The quantitative estimate of drug-likeness (QED) is 0.919. The van der Waals surface area contributed by atoms with Gasteiger partial charge in [-0.15, -0.1) is 0 Å². The standard InChI is InChI=1S/C17H24ClN3O2/c1-12(22)19-13-7-8-16(18)15(10-13)17(23)21(3)11-14-6-4-5-9-20(14)2/h7-8,10,14H,4-6,9,11H2,1-3H3,(H,19,22)/t14-/m0/s1. The van der Waals surface area contributed by atoms with Crippen molar-refractivity contribution in [2.45, 2.75) is 32.2 Å². The summed E-state index contributed by atoms with van der Waals surface area (Å²) in [6.45, 7) is 3.18. The van der Waals surface area contributed by atoms with Gasteiger partial charge in [-0.3, -0.25) is 9.59 Å². The molecule has 2 rings (SSSR count). The van der Waals surface area contributed by atoms with Crippen molar-refractivity contribution in [1.29, 1.82) is 0 Å². The van der Waals surface area contributed by atoms with E-state index in [0.717, 1.165) is 13.0 Å². The fourth-order valence-corrected chi connectivity index (χ4v) is 3.15. The van der Waals surface area contributed by atoms with Crippen LogP contribution in [0.25, 0.3) is 0 Å². The molecule has 0 bridgehead atoms. The number of hydrogen-bond acceptors (Lipinski definition) is 3. The zero-order valence-electron chi connectivity index (χ0n) is 13.9. The SMILES string of the molecule is CC(=O)Nc1ccc(Cl)c(C(=O)N(C)C[C@@H]2CCCCN2C)c1. The number of rotatable bonds is 4. The van der Waals surface area contributed by atoms with E-state index in [4.69, 9.17) is 11.6 Å². The molecule has 2 amide bonds. The van der Waals surface area contributed by atoms with Crippen molar-refractivity contribution in [3.8, 4) is 0 Å². The zero-order chi connectivity index (χ0) is 17.0. The zero-order valence-corrected chi connectivity index (χ0v) is 14.7. The normalized spacial score (nSPS) is 18.5. The second-order valence-corrected chi connectivity index (χ2v) is 6.60. The Morgan fingerprint density at radius 2 is 2.13 bits per heavy atom. The highest BCUT2D eigenvalue weighted by molar-refractivity contribution is 6.34. The van der Waals surface area contributed by atoms with Crippen molar-refractivity contribution in [1.82, 2.24) is 9.80 Å². The van der Waals surface area contributed by atoms with Gasteiger partial charge in [0.05, 0.1) is 10.6 Å². The second-order valence-electron chi connectivity index (χ2n) is 6.19. The number of piperidine rings is 1. The van der Waals surface area contributed by atoms with Gasteiger partial charge in [-0.1, -0.05) is 18.0 Å². The van der Waals surface area contributed by atoms with Crippen LogP contribution in [0.5, 0.6) is 0 Å². The lowest BCUT2D eigenvalue weighted by Crippen LogP contribution is -2.45. The van der Waals surface area contributed by atoms with E-state index < -0.39 is 0 Å². The highest BCUT2D eigenvalue weighted by Gasteiger charge is 2.24. The lowest BCUT2D eigenvalue weighted by molar-refractivity contribution is -0.114. The van der Waals surface area contributed by atoms with Crippen molar-refractivity contribution < 1.29 is 9.59 Å². The first-order valence-corrected chi connectivity index (χ1v) is 8.29. The average molecular weight is 338 g/mol. The van der Waals surface area contributed by atoms with Crippen LogP contribution in [0.4, 0.5) is 5.69 Å². The van der Waals surface area contributed by atoms with Crippen LogP contribution in [0.15, 0.2) is 18.2 Å². The van der Waals surface area contributed by atoms with Crippen LogP contribution in [0.3, 0.4) is 0 Å². The Hall–Kier alpha value is -1.59. The molecule has 0 aromatic heterocycles. The van der Waals surface area contributed by atoms with Crippen molar-refractivity contribution >= 4 is 29.1 Å². The maximum absolute atomic E-state index is 12.7. The molecule has 0 radical (unpaired) electrons. The number of likely N-dealkylation sites (tertiary alicyclic amines) is 1. The molecular weight excluding hydrogens is 314 g/mol. The van der Waals surface area contributed by atoms with Crippen LogP contribution >= 0.6 is 11.6 Å². The van der Waals surface area contributed by atoms with Gasteiger partial charge in [-0.2, -0.15) is 0 Å². The fraction of sp³-hybridized carbons (Fsp3) is 0.529. The molecule has 1 aromatic rings. The molecule has 0 saturated carbocycles. The molecule has 1 fully saturated rings. The Labute approximate surface area is 142 Å². The number of carbonyl (C=O) groups is 2. The molecule has 1 aliphatic heterocycles. The minimum absolute atomic E-state index is 0.124. The molecule has 1 saturated heterocycles. The molecule has 1 heterocycles. The summed E-state index contributed by atoms with van der Waals surface area (Å²) in [6.07, 6.45) is 3.53. The largest absolute Gasteiger partial charge is 0.340 e. The van der Waals surface area contributed by atoms with E-state index in [2.05, 4.69) is 17.3 Å². The minimum Gasteiger partial charge on any atom is -0.340 e. The Morgan fingerprint density at radius 1 is 1.39 bits per heavy atom. The van der Waals surface area contributed by atoms with E-state index in [9.17, 15) is 9.59 Å². The second kappa shape index (κ2) is 7.79. The topological polar surface area (TPSA) is 52.7 Å². The Kier molecular flexibility index (Phi) is 6.02. The van der Waals surface area contributed by atoms with Gasteiger partial charge in [-0.05, 0) is 44.6 Å². The number of anilines is 1. The number of amides is 2. The third-order valence-corrected chi connectivity index (χ3v) is 4.60. The van der Waals surface area contributed by atoms with Gasteiger partial charge in [0.25, 0.3) is 5.91 Å². The number of halogens is 1. The van der Waals surface area contributed by atoms with E-state index in [1.165, 1.54) is 19.8 Å². The average Bonchev–Trinajstić information content (AvgIpc) is 2.50. The lowest BCUT2D eigenvalue weighted by atomic mass is 10.0. The molecule has 0 aliphatic carbocycles. The summed E-state index contributed by atoms with van der Waals surface area (Å²) in [5, 5.41) is 3.07. The van der Waals surface area contributed by atoms with Gasteiger partial charge in [0.15, 0.2) is 0 Å². The molecule has 1 aromatic carbocycles. The van der Waals surface area contributed by atoms with Gasteiger partial charge in [0.2, 0.25) is 5.91 Å². The first kappa shape index (κ1) is 17.8. The van der Waals surface area contributed by atoms with Crippen LogP contribution in [0, 0.1) is 0 Å². The first-order chi connectivity index (χ1) is 10.9. The summed E-state index contributed by atoms with van der Waals surface area (Å²) in [5.41, 5.74) is 0.993. The van der Waals surface area contributed by atoms with Crippen LogP contribution in [0.1, 0.15) is 36.5 Å². The molecule has 5 nitrogen and oxygen atoms in total. The molecule has 126 valence electrons. The predicted molar refractivity (Wildman–Crippen MR) is 93.0 cm³/mol. The van der Waals surface area contributed by atoms with Crippen molar-refractivity contribution in [3.63, 3.8) is 0 Å². The Bertz CT molecular complexity index is 591. The predicted octanol–water partition coefficient (Wildman–Crippen LogP) is 2.85. The number of nitrogens with zero attached hydrogens (tertiary/aromatic N) is 2. The molecule has 1 N–H and O–H groups in total. The molecule has 6 heteroatoms. The number of carbonyl (C=O) groups excluding carboxylic acids is 2. The summed E-state index contributed by atoms with van der Waals surface area (Å²) < 4.78 is 0. The highest BCUT2D eigenvalue weighted by atomic mass is 35.5. The smallest absolute Gasteiger partial charge is 0.255 e. The number of likely N-dealkylation sites (N-methyl/N-ethyl adjacent to an activating group) is 2. The van der Waals surface area contributed by atoms with Crippen molar-refractivity contribution in [3.05, 3.63) is 28.8 Å². The Morgan fingerprint density at radius 3 is 2.78 bits per heavy atom. The number of benzene rings is 1. The number of hydrogen-bond donors (Lipinski definition) is 1. The van der Waals surface area contributed by atoms with Crippen LogP contribution in [-0.4, -0.2) is 54.8 Å². The fourth-order valence-electron chi connectivity index (χ4n) is 2.95. The lowest BCUT2D eigenvalue weighted by Gasteiger charge is -2.35. The van der Waals surface area contributed by atoms with E-state index in [-0.39, 0.29) is 11.8 Å². The van der Waals surface area contributed by atoms with Gasteiger partial charge in [-0.25, -0.2) is 0 Å². The van der Waals surface area contributed by atoms with Crippen molar-refractivity contribution in [2.24, 2.45) is 0 Å². The molecular formula is C17H24ClN3O2. The monoisotopic (exact) mass is 337 g/mol. The summed E-state index contributed by atoms with van der Waals surface area (Å²) in [6, 6.07) is 5.35. The third kappa shape index (κ3) is 4.69. The number of nitrogens with one attached hydrogen (secondary N) is 1.